The van der Waals surface area contributed by atoms with Gasteiger partial charge in [0.2, 0.25) is 0 Å². The maximum absolute atomic E-state index is 13.1. The number of benzene rings is 1. The number of hydrogen-bond acceptors (Lipinski definition) is 3. The molecule has 0 aliphatic heterocycles. The van der Waals surface area contributed by atoms with Crippen LogP contribution in [0.25, 0.3) is 0 Å². The molecular weight excluding hydrogens is 287 g/mol. The van der Waals surface area contributed by atoms with E-state index in [-0.39, 0.29) is 18.0 Å². The second kappa shape index (κ2) is 7.06. The Labute approximate surface area is 110 Å². The second-order valence-corrected chi connectivity index (χ2v) is 4.94. The third kappa shape index (κ3) is 4.71. The lowest BCUT2D eigenvalue weighted by molar-refractivity contribution is 0.100. The van der Waals surface area contributed by atoms with Crippen molar-refractivity contribution >= 4 is 15.9 Å². The Balaban J connectivity index is 2.69. The summed E-state index contributed by atoms with van der Waals surface area (Å²) in [6, 6.07) is 4.71. The van der Waals surface area contributed by atoms with Gasteiger partial charge in [-0.3, -0.25) is 11.3 Å². The predicted molar refractivity (Wildman–Crippen MR) is 70.0 cm³/mol. The van der Waals surface area contributed by atoms with Crippen LogP contribution in [0.1, 0.15) is 18.9 Å². The summed E-state index contributed by atoms with van der Waals surface area (Å²) in [5.41, 5.74) is 3.64. The van der Waals surface area contributed by atoms with Gasteiger partial charge in [-0.2, -0.15) is 0 Å². The van der Waals surface area contributed by atoms with Crippen LogP contribution in [-0.2, 0) is 11.2 Å². The molecule has 96 valence electrons. The summed E-state index contributed by atoms with van der Waals surface area (Å²) in [5.74, 6) is 5.26. The van der Waals surface area contributed by atoms with Gasteiger partial charge in [0.05, 0.1) is 6.10 Å². The Morgan fingerprint density at radius 3 is 2.82 bits per heavy atom. The molecule has 0 aliphatic carbocycles. The van der Waals surface area contributed by atoms with Gasteiger partial charge in [0.15, 0.2) is 0 Å². The summed E-state index contributed by atoms with van der Waals surface area (Å²) in [6.07, 6.45) is 1.54. The molecule has 3 N–H and O–H groups in total. The molecule has 3 nitrogen and oxygen atoms in total. The lowest BCUT2D eigenvalue weighted by atomic mass is 10.0. The van der Waals surface area contributed by atoms with E-state index in [2.05, 4.69) is 21.4 Å². The van der Waals surface area contributed by atoms with Crippen LogP contribution in [0.3, 0.4) is 0 Å². The number of nitrogens with two attached hydrogens (primary N) is 1. The van der Waals surface area contributed by atoms with Gasteiger partial charge in [-0.25, -0.2) is 4.39 Å². The van der Waals surface area contributed by atoms with E-state index in [9.17, 15) is 4.39 Å². The molecule has 2 unspecified atom stereocenters. The van der Waals surface area contributed by atoms with E-state index in [1.807, 2.05) is 6.92 Å². The van der Waals surface area contributed by atoms with Crippen molar-refractivity contribution in [3.63, 3.8) is 0 Å². The van der Waals surface area contributed by atoms with Gasteiger partial charge >= 0.3 is 0 Å². The average molecular weight is 305 g/mol. The van der Waals surface area contributed by atoms with Gasteiger partial charge < -0.3 is 4.74 Å². The van der Waals surface area contributed by atoms with Crippen LogP contribution >= 0.6 is 15.9 Å². The van der Waals surface area contributed by atoms with E-state index in [0.717, 1.165) is 16.5 Å². The molecule has 0 spiro atoms. The minimum Gasteiger partial charge on any atom is -0.382 e. The van der Waals surface area contributed by atoms with E-state index < -0.39 is 0 Å². The Bertz CT molecular complexity index is 362. The van der Waals surface area contributed by atoms with Crippen LogP contribution in [0.5, 0.6) is 0 Å². The van der Waals surface area contributed by atoms with E-state index in [1.165, 1.54) is 12.1 Å². The average Bonchev–Trinajstić information content (AvgIpc) is 2.32. The number of halogens is 2. The van der Waals surface area contributed by atoms with Crippen molar-refractivity contribution in [3.05, 3.63) is 34.1 Å². The molecule has 0 saturated heterocycles. The van der Waals surface area contributed by atoms with Crippen LogP contribution in [0, 0.1) is 5.82 Å². The highest BCUT2D eigenvalue weighted by Crippen LogP contribution is 2.20. The lowest BCUT2D eigenvalue weighted by Crippen LogP contribution is -2.39. The zero-order chi connectivity index (χ0) is 12.8. The molecule has 1 aromatic carbocycles. The highest BCUT2D eigenvalue weighted by Gasteiger charge is 2.14. The van der Waals surface area contributed by atoms with E-state index in [0.29, 0.717) is 6.42 Å². The number of methoxy groups -OCH3 is 1. The summed E-state index contributed by atoms with van der Waals surface area (Å²) in [6.45, 7) is 1.98. The fraction of sp³-hybridized carbons (Fsp3) is 0.500. The smallest absolute Gasteiger partial charge is 0.123 e. The first kappa shape index (κ1) is 14.6. The maximum Gasteiger partial charge on any atom is 0.123 e. The molecule has 0 fully saturated rings. The van der Waals surface area contributed by atoms with Crippen molar-refractivity contribution < 1.29 is 9.13 Å². The SMILES string of the molecule is COC(C)CC(Cc1cc(F)ccc1Br)NN. The summed E-state index contributed by atoms with van der Waals surface area (Å²) >= 11 is 3.40. The van der Waals surface area contributed by atoms with Crippen molar-refractivity contribution in [1.82, 2.24) is 5.43 Å². The van der Waals surface area contributed by atoms with Gasteiger partial charge in [-0.05, 0) is 43.5 Å². The van der Waals surface area contributed by atoms with Crippen molar-refractivity contribution in [3.8, 4) is 0 Å². The third-order valence-corrected chi connectivity index (χ3v) is 3.50. The molecule has 0 amide bonds. The van der Waals surface area contributed by atoms with Crippen LogP contribution in [0.2, 0.25) is 0 Å². The first-order valence-corrected chi connectivity index (χ1v) is 6.29. The van der Waals surface area contributed by atoms with Crippen molar-refractivity contribution in [1.29, 1.82) is 0 Å². The predicted octanol–water partition coefficient (Wildman–Crippen LogP) is 2.39. The Kier molecular flexibility index (Phi) is 6.05. The molecule has 1 rings (SSSR count). The molecule has 1 aromatic rings. The Morgan fingerprint density at radius 1 is 1.53 bits per heavy atom. The highest BCUT2D eigenvalue weighted by molar-refractivity contribution is 9.10. The first-order chi connectivity index (χ1) is 8.06. The van der Waals surface area contributed by atoms with Crippen LogP contribution in [-0.4, -0.2) is 19.3 Å². The Hall–Kier alpha value is -0.490. The zero-order valence-electron chi connectivity index (χ0n) is 10.0. The minimum absolute atomic E-state index is 0.0584. The first-order valence-electron chi connectivity index (χ1n) is 5.49. The fourth-order valence-electron chi connectivity index (χ4n) is 1.67. The van der Waals surface area contributed by atoms with Gasteiger partial charge in [0.1, 0.15) is 5.82 Å². The van der Waals surface area contributed by atoms with E-state index >= 15 is 0 Å². The normalized spacial score (nSPS) is 14.6. The number of ether oxygens (including phenoxy) is 1. The number of nitrogens with one attached hydrogen (secondary N) is 1. The molecule has 17 heavy (non-hydrogen) atoms. The van der Waals surface area contributed by atoms with Crippen LogP contribution in [0.4, 0.5) is 4.39 Å². The molecule has 0 saturated carbocycles. The molecule has 0 radical (unpaired) electrons. The van der Waals surface area contributed by atoms with E-state index in [1.54, 1.807) is 13.2 Å². The van der Waals surface area contributed by atoms with Crippen molar-refractivity contribution in [2.45, 2.75) is 31.9 Å². The number of hydrogen-bond donors (Lipinski definition) is 2. The topological polar surface area (TPSA) is 47.3 Å². The monoisotopic (exact) mass is 304 g/mol. The van der Waals surface area contributed by atoms with Gasteiger partial charge in [0.25, 0.3) is 0 Å². The van der Waals surface area contributed by atoms with Gasteiger partial charge in [-0.15, -0.1) is 0 Å². The zero-order valence-corrected chi connectivity index (χ0v) is 11.6. The molecule has 2 atom stereocenters. The van der Waals surface area contributed by atoms with Crippen LogP contribution in [0.15, 0.2) is 22.7 Å². The van der Waals surface area contributed by atoms with Gasteiger partial charge in [0, 0.05) is 17.6 Å². The van der Waals surface area contributed by atoms with Gasteiger partial charge in [-0.1, -0.05) is 15.9 Å². The maximum atomic E-state index is 13.1. The minimum atomic E-state index is -0.237. The third-order valence-electron chi connectivity index (χ3n) is 2.73. The summed E-state index contributed by atoms with van der Waals surface area (Å²) in [4.78, 5) is 0. The highest BCUT2D eigenvalue weighted by atomic mass is 79.9. The molecule has 0 bridgehead atoms. The number of rotatable bonds is 6. The Morgan fingerprint density at radius 2 is 2.24 bits per heavy atom. The standard InChI is InChI=1S/C12H18BrFN2O/c1-8(17-2)5-11(16-15)7-9-6-10(14)3-4-12(9)13/h3-4,6,8,11,16H,5,7,15H2,1-2H3. The fourth-order valence-corrected chi connectivity index (χ4v) is 2.08. The molecule has 0 aliphatic rings. The quantitative estimate of drug-likeness (QED) is 0.627. The molecular formula is C12H18BrFN2O. The molecule has 5 heteroatoms. The summed E-state index contributed by atoms with van der Waals surface area (Å²) < 4.78 is 19.2. The van der Waals surface area contributed by atoms with E-state index in [4.69, 9.17) is 10.6 Å². The molecule has 0 heterocycles. The summed E-state index contributed by atoms with van der Waals surface area (Å²) in [5, 5.41) is 0. The lowest BCUT2D eigenvalue weighted by Gasteiger charge is -2.20. The second-order valence-electron chi connectivity index (χ2n) is 4.09. The number of hydrazine groups is 1. The largest absolute Gasteiger partial charge is 0.382 e. The van der Waals surface area contributed by atoms with Crippen molar-refractivity contribution in [2.75, 3.05) is 7.11 Å². The van der Waals surface area contributed by atoms with Crippen LogP contribution < -0.4 is 11.3 Å². The van der Waals surface area contributed by atoms with Crippen molar-refractivity contribution in [2.24, 2.45) is 5.84 Å². The summed E-state index contributed by atoms with van der Waals surface area (Å²) in [7, 11) is 1.66. The molecule has 0 aromatic heterocycles.